The van der Waals surface area contributed by atoms with E-state index in [1.54, 1.807) is 12.1 Å². The summed E-state index contributed by atoms with van der Waals surface area (Å²) >= 11 is 9.33. The molecular formula is C14H12BrClN2O2. The monoisotopic (exact) mass is 354 g/mol. The molecule has 0 aromatic heterocycles. The third kappa shape index (κ3) is 3.49. The van der Waals surface area contributed by atoms with E-state index in [1.165, 1.54) is 6.07 Å². The molecule has 104 valence electrons. The highest BCUT2D eigenvalue weighted by molar-refractivity contribution is 9.10. The van der Waals surface area contributed by atoms with Gasteiger partial charge < -0.3 is 5.32 Å². The Morgan fingerprint density at radius 1 is 1.30 bits per heavy atom. The normalized spacial score (nSPS) is 10.3. The van der Waals surface area contributed by atoms with E-state index >= 15 is 0 Å². The molecule has 2 aromatic carbocycles. The zero-order valence-corrected chi connectivity index (χ0v) is 13.0. The van der Waals surface area contributed by atoms with Gasteiger partial charge in [0.05, 0.1) is 4.92 Å². The molecule has 0 heterocycles. The van der Waals surface area contributed by atoms with Crippen molar-refractivity contribution in [1.82, 2.24) is 0 Å². The van der Waals surface area contributed by atoms with Gasteiger partial charge in [0, 0.05) is 33.9 Å². The van der Waals surface area contributed by atoms with Crippen LogP contribution in [0.2, 0.25) is 5.02 Å². The molecule has 20 heavy (non-hydrogen) atoms. The first-order valence-corrected chi connectivity index (χ1v) is 7.07. The number of halogens is 2. The summed E-state index contributed by atoms with van der Waals surface area (Å²) in [5.41, 5.74) is 2.82. The van der Waals surface area contributed by atoms with Crippen molar-refractivity contribution in [3.05, 3.63) is 67.1 Å². The van der Waals surface area contributed by atoms with Crippen LogP contribution < -0.4 is 5.32 Å². The maximum Gasteiger partial charge on any atom is 0.271 e. The summed E-state index contributed by atoms with van der Waals surface area (Å²) in [6, 6.07) is 10.3. The predicted octanol–water partition coefficient (Wildman–Crippen LogP) is 4.93. The van der Waals surface area contributed by atoms with E-state index in [9.17, 15) is 10.1 Å². The molecule has 0 aliphatic heterocycles. The second kappa shape index (κ2) is 6.24. The molecule has 0 saturated heterocycles. The van der Waals surface area contributed by atoms with E-state index in [4.69, 9.17) is 11.6 Å². The molecule has 0 saturated carbocycles. The van der Waals surface area contributed by atoms with Crippen LogP contribution in [-0.2, 0) is 6.54 Å². The number of nitro groups is 1. The summed E-state index contributed by atoms with van der Waals surface area (Å²) in [7, 11) is 0. The van der Waals surface area contributed by atoms with Crippen LogP contribution in [0.15, 0.2) is 40.9 Å². The minimum absolute atomic E-state index is 0.0771. The smallest absolute Gasteiger partial charge is 0.271 e. The average Bonchev–Trinajstić information content (AvgIpc) is 2.39. The SMILES string of the molecule is Cc1ccc([N+](=O)[O-])cc1NCc1ccc(Cl)cc1Br. The van der Waals surface area contributed by atoms with Crippen LogP contribution in [0.1, 0.15) is 11.1 Å². The van der Waals surface area contributed by atoms with Crippen LogP contribution in [-0.4, -0.2) is 4.92 Å². The summed E-state index contributed by atoms with van der Waals surface area (Å²) < 4.78 is 0.903. The van der Waals surface area contributed by atoms with E-state index in [-0.39, 0.29) is 5.69 Å². The van der Waals surface area contributed by atoms with Gasteiger partial charge in [-0.15, -0.1) is 0 Å². The molecule has 0 fully saturated rings. The molecule has 4 nitrogen and oxygen atoms in total. The Hall–Kier alpha value is -1.59. The first kappa shape index (κ1) is 14.8. The highest BCUT2D eigenvalue weighted by Gasteiger charge is 2.09. The van der Waals surface area contributed by atoms with Crippen LogP contribution in [0.4, 0.5) is 11.4 Å². The van der Waals surface area contributed by atoms with Gasteiger partial charge >= 0.3 is 0 Å². The molecule has 0 spiro atoms. The highest BCUT2D eigenvalue weighted by atomic mass is 79.9. The number of aryl methyl sites for hydroxylation is 1. The predicted molar refractivity (Wildman–Crippen MR) is 84.3 cm³/mol. The standard InChI is InChI=1S/C14H12BrClN2O2/c1-9-2-5-12(18(19)20)7-14(9)17-8-10-3-4-11(16)6-13(10)15/h2-7,17H,8H2,1H3. The van der Waals surface area contributed by atoms with Crippen molar-refractivity contribution < 1.29 is 4.92 Å². The average molecular weight is 356 g/mol. The Morgan fingerprint density at radius 2 is 2.05 bits per heavy atom. The van der Waals surface area contributed by atoms with Crippen LogP contribution in [0.25, 0.3) is 0 Å². The van der Waals surface area contributed by atoms with Gasteiger partial charge in [-0.25, -0.2) is 0 Å². The molecule has 0 radical (unpaired) electrons. The van der Waals surface area contributed by atoms with Gasteiger partial charge in [-0.2, -0.15) is 0 Å². The van der Waals surface area contributed by atoms with Gasteiger partial charge in [0.25, 0.3) is 5.69 Å². The summed E-state index contributed by atoms with van der Waals surface area (Å²) in [6.45, 7) is 2.46. The second-order valence-electron chi connectivity index (χ2n) is 4.35. The number of hydrogen-bond donors (Lipinski definition) is 1. The fourth-order valence-corrected chi connectivity index (χ4v) is 2.59. The van der Waals surface area contributed by atoms with E-state index < -0.39 is 4.92 Å². The van der Waals surface area contributed by atoms with E-state index in [1.807, 2.05) is 25.1 Å². The Kier molecular flexibility index (Phi) is 4.62. The van der Waals surface area contributed by atoms with Gasteiger partial charge in [0.2, 0.25) is 0 Å². The maximum atomic E-state index is 10.8. The van der Waals surface area contributed by atoms with E-state index in [2.05, 4.69) is 21.2 Å². The molecule has 0 aliphatic carbocycles. The largest absolute Gasteiger partial charge is 0.381 e. The molecule has 0 amide bonds. The van der Waals surface area contributed by atoms with Crippen molar-refractivity contribution in [3.8, 4) is 0 Å². The van der Waals surface area contributed by atoms with E-state index in [0.717, 1.165) is 21.3 Å². The lowest BCUT2D eigenvalue weighted by atomic mass is 10.1. The molecular weight excluding hydrogens is 344 g/mol. The minimum atomic E-state index is -0.400. The molecule has 1 N–H and O–H groups in total. The zero-order valence-electron chi connectivity index (χ0n) is 10.7. The molecule has 2 aromatic rings. The lowest BCUT2D eigenvalue weighted by Gasteiger charge is -2.11. The summed E-state index contributed by atoms with van der Waals surface area (Å²) in [5, 5.41) is 14.7. The van der Waals surface area contributed by atoms with Crippen LogP contribution in [0.3, 0.4) is 0 Å². The first-order valence-electron chi connectivity index (χ1n) is 5.90. The Bertz CT molecular complexity index is 662. The topological polar surface area (TPSA) is 55.2 Å². The summed E-state index contributed by atoms with van der Waals surface area (Å²) in [6.07, 6.45) is 0. The quantitative estimate of drug-likeness (QED) is 0.625. The van der Waals surface area contributed by atoms with Gasteiger partial charge in [-0.05, 0) is 30.2 Å². The van der Waals surface area contributed by atoms with Crippen molar-refractivity contribution in [2.75, 3.05) is 5.32 Å². The first-order chi connectivity index (χ1) is 9.47. The third-order valence-corrected chi connectivity index (χ3v) is 3.89. The fraction of sp³-hybridized carbons (Fsp3) is 0.143. The highest BCUT2D eigenvalue weighted by Crippen LogP contribution is 2.25. The number of hydrogen-bond acceptors (Lipinski definition) is 3. The van der Waals surface area contributed by atoms with Gasteiger partial charge in [-0.1, -0.05) is 39.7 Å². The maximum absolute atomic E-state index is 10.8. The molecule has 0 atom stereocenters. The van der Waals surface area contributed by atoms with Crippen molar-refractivity contribution in [2.45, 2.75) is 13.5 Å². The number of nitrogens with zero attached hydrogens (tertiary/aromatic N) is 1. The third-order valence-electron chi connectivity index (χ3n) is 2.92. The van der Waals surface area contributed by atoms with Crippen LogP contribution in [0, 0.1) is 17.0 Å². The number of benzene rings is 2. The Labute approximate surface area is 130 Å². The van der Waals surface area contributed by atoms with Crippen molar-refractivity contribution in [2.24, 2.45) is 0 Å². The number of non-ortho nitro benzene ring substituents is 1. The number of nitrogens with one attached hydrogen (secondary N) is 1. The molecule has 0 unspecified atom stereocenters. The van der Waals surface area contributed by atoms with Crippen LogP contribution in [0.5, 0.6) is 0 Å². The van der Waals surface area contributed by atoms with Crippen molar-refractivity contribution in [1.29, 1.82) is 0 Å². The van der Waals surface area contributed by atoms with Gasteiger partial charge in [-0.3, -0.25) is 10.1 Å². The molecule has 0 bridgehead atoms. The molecule has 0 aliphatic rings. The molecule has 2 rings (SSSR count). The summed E-state index contributed by atoms with van der Waals surface area (Å²) in [5.74, 6) is 0. The second-order valence-corrected chi connectivity index (χ2v) is 5.64. The Balaban J connectivity index is 2.18. The Morgan fingerprint density at radius 3 is 2.70 bits per heavy atom. The fourth-order valence-electron chi connectivity index (χ4n) is 1.77. The number of nitro benzene ring substituents is 1. The summed E-state index contributed by atoms with van der Waals surface area (Å²) in [4.78, 5) is 10.4. The minimum Gasteiger partial charge on any atom is -0.381 e. The van der Waals surface area contributed by atoms with E-state index in [0.29, 0.717) is 11.6 Å². The van der Waals surface area contributed by atoms with Crippen molar-refractivity contribution >= 4 is 38.9 Å². The van der Waals surface area contributed by atoms with Gasteiger partial charge in [0.1, 0.15) is 0 Å². The molecule has 6 heteroatoms. The lowest BCUT2D eigenvalue weighted by Crippen LogP contribution is -2.02. The van der Waals surface area contributed by atoms with Gasteiger partial charge in [0.15, 0.2) is 0 Å². The van der Waals surface area contributed by atoms with Crippen molar-refractivity contribution in [3.63, 3.8) is 0 Å². The van der Waals surface area contributed by atoms with Crippen LogP contribution >= 0.6 is 27.5 Å². The number of anilines is 1. The zero-order chi connectivity index (χ0) is 14.7. The lowest BCUT2D eigenvalue weighted by molar-refractivity contribution is -0.384. The number of rotatable bonds is 4.